The largest absolute Gasteiger partial charge is 0.395 e. The van der Waals surface area contributed by atoms with Crippen LogP contribution in [-0.2, 0) is 0 Å². The van der Waals surface area contributed by atoms with E-state index in [-0.39, 0.29) is 19.4 Å². The lowest BCUT2D eigenvalue weighted by molar-refractivity contribution is 0.130. The Bertz CT molecular complexity index is 492. The van der Waals surface area contributed by atoms with E-state index in [1.165, 1.54) is 0 Å². The number of anilines is 1. The summed E-state index contributed by atoms with van der Waals surface area (Å²) in [5.41, 5.74) is 1.03. The van der Waals surface area contributed by atoms with Crippen LogP contribution >= 0.6 is 23.4 Å². The molecule has 1 aromatic carbocycles. The number of halogens is 1. The molecule has 0 saturated carbocycles. The zero-order chi connectivity index (χ0) is 14.7. The Kier molecular flexibility index (Phi) is 5.35. The van der Waals surface area contributed by atoms with E-state index in [0.29, 0.717) is 18.1 Å². The monoisotopic (exact) mass is 314 g/mol. The molecule has 0 aliphatic carbocycles. The molecule has 110 valence electrons. The van der Waals surface area contributed by atoms with Crippen LogP contribution in [0.3, 0.4) is 0 Å². The number of thioether (sulfide) groups is 1. The summed E-state index contributed by atoms with van der Waals surface area (Å²) in [7, 11) is 0. The van der Waals surface area contributed by atoms with Crippen LogP contribution < -0.4 is 4.90 Å². The van der Waals surface area contributed by atoms with Crippen LogP contribution in [0.2, 0.25) is 5.02 Å². The van der Waals surface area contributed by atoms with Crippen molar-refractivity contribution in [3.05, 3.63) is 34.8 Å². The van der Waals surface area contributed by atoms with Crippen molar-refractivity contribution in [2.75, 3.05) is 31.2 Å². The normalized spacial score (nSPS) is 15.8. The third kappa shape index (κ3) is 3.13. The molecule has 6 heteroatoms. The van der Waals surface area contributed by atoms with Crippen molar-refractivity contribution >= 4 is 29.1 Å². The number of benzene rings is 1. The quantitative estimate of drug-likeness (QED) is 0.844. The number of nitrogens with zero attached hydrogens (tertiary/aromatic N) is 2. The van der Waals surface area contributed by atoms with Crippen LogP contribution in [-0.4, -0.2) is 47.6 Å². The van der Waals surface area contributed by atoms with Gasteiger partial charge < -0.3 is 15.1 Å². The van der Waals surface area contributed by atoms with Crippen LogP contribution in [0.5, 0.6) is 0 Å². The predicted octanol–water partition coefficient (Wildman–Crippen LogP) is 2.36. The lowest BCUT2D eigenvalue weighted by atomic mass is 10.2. The molecule has 2 N–H and O–H groups in total. The van der Waals surface area contributed by atoms with Gasteiger partial charge in [-0.15, -0.1) is 0 Å². The highest BCUT2D eigenvalue weighted by Gasteiger charge is 2.30. The number of hydrogen-bond acceptors (Lipinski definition) is 5. The summed E-state index contributed by atoms with van der Waals surface area (Å²) < 4.78 is 0. The molecule has 1 aromatic rings. The Morgan fingerprint density at radius 3 is 2.60 bits per heavy atom. The molecule has 0 aromatic heterocycles. The summed E-state index contributed by atoms with van der Waals surface area (Å²) in [6.45, 7) is 7.26. The second kappa shape index (κ2) is 6.83. The van der Waals surface area contributed by atoms with Gasteiger partial charge >= 0.3 is 0 Å². The third-order valence-corrected chi connectivity index (χ3v) is 4.59. The third-order valence-electron chi connectivity index (χ3n) is 3.35. The van der Waals surface area contributed by atoms with E-state index in [4.69, 9.17) is 21.8 Å². The van der Waals surface area contributed by atoms with E-state index in [1.54, 1.807) is 11.8 Å². The van der Waals surface area contributed by atoms with E-state index in [0.717, 1.165) is 15.6 Å². The molecule has 1 unspecified atom stereocenters. The molecule has 0 bridgehead atoms. The minimum absolute atomic E-state index is 0.00554. The standard InChI is InChI=1S/C14H19ClN2O2S/c1-10(16(5-7-18)6-8-19)17-11(2)20-14-4-3-12(15)9-13(14)17/h3-4,9-10,18-19H,2,5-8H2,1H3. The molecule has 1 aliphatic heterocycles. The number of aliphatic hydroxyl groups excluding tert-OH is 2. The maximum absolute atomic E-state index is 9.17. The van der Waals surface area contributed by atoms with Gasteiger partial charge in [-0.3, -0.25) is 4.90 Å². The van der Waals surface area contributed by atoms with Crippen LogP contribution in [0.4, 0.5) is 5.69 Å². The fourth-order valence-electron chi connectivity index (χ4n) is 2.39. The van der Waals surface area contributed by atoms with E-state index in [9.17, 15) is 0 Å². The van der Waals surface area contributed by atoms with Crippen molar-refractivity contribution < 1.29 is 10.2 Å². The Hall–Kier alpha value is -0.720. The highest BCUT2D eigenvalue weighted by molar-refractivity contribution is 8.03. The Balaban J connectivity index is 2.27. The van der Waals surface area contributed by atoms with Gasteiger partial charge in [-0.05, 0) is 25.1 Å². The van der Waals surface area contributed by atoms with Crippen LogP contribution in [0.25, 0.3) is 0 Å². The summed E-state index contributed by atoms with van der Waals surface area (Å²) in [4.78, 5) is 5.23. The van der Waals surface area contributed by atoms with E-state index in [1.807, 2.05) is 30.0 Å². The minimum Gasteiger partial charge on any atom is -0.395 e. The molecule has 1 atom stereocenters. The molecule has 20 heavy (non-hydrogen) atoms. The molecule has 4 nitrogen and oxygen atoms in total. The average Bonchev–Trinajstić information content (AvgIpc) is 2.73. The highest BCUT2D eigenvalue weighted by Crippen LogP contribution is 2.47. The predicted molar refractivity (Wildman–Crippen MR) is 84.1 cm³/mol. The Labute approximate surface area is 128 Å². The first-order chi connectivity index (χ1) is 9.58. The maximum Gasteiger partial charge on any atom is 0.0848 e. The fourth-order valence-corrected chi connectivity index (χ4v) is 3.56. The molecule has 1 heterocycles. The van der Waals surface area contributed by atoms with Gasteiger partial charge in [0.15, 0.2) is 0 Å². The van der Waals surface area contributed by atoms with Crippen molar-refractivity contribution in [2.24, 2.45) is 0 Å². The average molecular weight is 315 g/mol. The molecule has 0 spiro atoms. The van der Waals surface area contributed by atoms with Crippen molar-refractivity contribution in [1.29, 1.82) is 0 Å². The molecule has 0 fully saturated rings. The lowest BCUT2D eigenvalue weighted by Gasteiger charge is -2.36. The van der Waals surface area contributed by atoms with Gasteiger partial charge in [0.2, 0.25) is 0 Å². The van der Waals surface area contributed by atoms with Gasteiger partial charge in [-0.2, -0.15) is 0 Å². The van der Waals surface area contributed by atoms with Crippen molar-refractivity contribution in [1.82, 2.24) is 4.90 Å². The molecule has 0 saturated heterocycles. The summed E-state index contributed by atoms with van der Waals surface area (Å²) >= 11 is 7.69. The van der Waals surface area contributed by atoms with Gasteiger partial charge in [0.05, 0.1) is 30.1 Å². The summed E-state index contributed by atoms with van der Waals surface area (Å²) in [6.07, 6.45) is -0.00554. The molecular weight excluding hydrogens is 296 g/mol. The van der Waals surface area contributed by atoms with Crippen LogP contribution in [0.15, 0.2) is 34.7 Å². The number of fused-ring (bicyclic) bond motifs is 1. The molecule has 1 aliphatic rings. The van der Waals surface area contributed by atoms with Crippen LogP contribution in [0.1, 0.15) is 6.92 Å². The van der Waals surface area contributed by atoms with E-state index < -0.39 is 0 Å². The van der Waals surface area contributed by atoms with Crippen LogP contribution in [0, 0.1) is 0 Å². The van der Waals surface area contributed by atoms with Gasteiger partial charge in [0.1, 0.15) is 0 Å². The van der Waals surface area contributed by atoms with Crippen molar-refractivity contribution in [3.63, 3.8) is 0 Å². The van der Waals surface area contributed by atoms with Gasteiger partial charge in [0, 0.05) is 23.0 Å². The first-order valence-corrected chi connectivity index (χ1v) is 7.69. The second-order valence-electron chi connectivity index (χ2n) is 4.59. The number of aliphatic hydroxyl groups is 2. The topological polar surface area (TPSA) is 46.9 Å². The van der Waals surface area contributed by atoms with Gasteiger partial charge in [0.25, 0.3) is 0 Å². The number of rotatable bonds is 6. The summed E-state index contributed by atoms with van der Waals surface area (Å²) in [5.74, 6) is 0. The highest BCUT2D eigenvalue weighted by atomic mass is 35.5. The SMILES string of the molecule is C=C1Sc2ccc(Cl)cc2N1C(C)N(CCO)CCO. The smallest absolute Gasteiger partial charge is 0.0848 e. The first-order valence-electron chi connectivity index (χ1n) is 6.49. The molecule has 0 radical (unpaired) electrons. The van der Waals surface area contributed by atoms with E-state index >= 15 is 0 Å². The fraction of sp³-hybridized carbons (Fsp3) is 0.429. The first kappa shape index (κ1) is 15.7. The molecular formula is C14H19ClN2O2S. The minimum atomic E-state index is -0.00554. The van der Waals surface area contributed by atoms with Gasteiger partial charge in [-0.1, -0.05) is 29.9 Å². The van der Waals surface area contributed by atoms with E-state index in [2.05, 4.69) is 11.5 Å². The zero-order valence-electron chi connectivity index (χ0n) is 11.4. The zero-order valence-corrected chi connectivity index (χ0v) is 13.0. The summed E-state index contributed by atoms with van der Waals surface area (Å²) in [6, 6.07) is 5.78. The lowest BCUT2D eigenvalue weighted by Crippen LogP contribution is -2.47. The summed E-state index contributed by atoms with van der Waals surface area (Å²) in [5, 5.41) is 20.0. The number of hydrogen-bond donors (Lipinski definition) is 2. The molecule has 0 amide bonds. The Morgan fingerprint density at radius 1 is 1.35 bits per heavy atom. The van der Waals surface area contributed by atoms with Crippen molar-refractivity contribution in [3.8, 4) is 0 Å². The maximum atomic E-state index is 9.17. The molecule has 2 rings (SSSR count). The Morgan fingerprint density at radius 2 is 2.00 bits per heavy atom. The van der Waals surface area contributed by atoms with Gasteiger partial charge in [-0.25, -0.2) is 0 Å². The van der Waals surface area contributed by atoms with Crippen molar-refractivity contribution in [2.45, 2.75) is 18.0 Å². The second-order valence-corrected chi connectivity index (χ2v) is 6.14.